The number of hydrogen-bond acceptors (Lipinski definition) is 4. The normalized spacial score (nSPS) is 15.8. The van der Waals surface area contributed by atoms with Gasteiger partial charge in [0.05, 0.1) is 23.4 Å². The molecule has 0 unspecified atom stereocenters. The topological polar surface area (TPSA) is 68.2 Å². The Bertz CT molecular complexity index is 764. The van der Waals surface area contributed by atoms with Gasteiger partial charge in [0.15, 0.2) is 0 Å². The maximum atomic E-state index is 13.0. The molecule has 148 valence electrons. The summed E-state index contributed by atoms with van der Waals surface area (Å²) in [4.78, 5) is 13.0. The average Bonchev–Trinajstić information content (AvgIpc) is 2.99. The summed E-state index contributed by atoms with van der Waals surface area (Å²) < 4.78 is 7.30. The number of aromatic nitrogens is 2. The van der Waals surface area contributed by atoms with E-state index in [1.807, 2.05) is 42.8 Å². The predicted molar refractivity (Wildman–Crippen MR) is 109 cm³/mol. The molecule has 0 saturated carbocycles. The first-order valence-corrected chi connectivity index (χ1v) is 9.15. The van der Waals surface area contributed by atoms with Crippen molar-refractivity contribution in [3.8, 4) is 5.69 Å². The van der Waals surface area contributed by atoms with Gasteiger partial charge in [-0.3, -0.25) is 4.79 Å². The number of ether oxygens (including phenoxy) is 1. The molecule has 7 heteroatoms. The Kier molecular flexibility index (Phi) is 7.41. The Morgan fingerprint density at radius 1 is 1.30 bits per heavy atom. The van der Waals surface area contributed by atoms with Gasteiger partial charge < -0.3 is 15.4 Å². The lowest BCUT2D eigenvalue weighted by molar-refractivity contribution is -0.136. The summed E-state index contributed by atoms with van der Waals surface area (Å²) in [7, 11) is 1.66. The lowest BCUT2D eigenvalue weighted by atomic mass is 9.78. The van der Waals surface area contributed by atoms with Gasteiger partial charge in [0.1, 0.15) is 0 Å². The Balaban J connectivity index is 0.00000261. The molecule has 0 atom stereocenters. The lowest BCUT2D eigenvalue weighted by Crippen LogP contribution is -2.50. The second kappa shape index (κ2) is 9.35. The maximum absolute atomic E-state index is 13.0. The molecule has 1 aromatic heterocycles. The highest BCUT2D eigenvalue weighted by atomic mass is 35.5. The van der Waals surface area contributed by atoms with Gasteiger partial charge in [-0.15, -0.1) is 12.4 Å². The van der Waals surface area contributed by atoms with Crippen molar-refractivity contribution in [2.45, 2.75) is 33.2 Å². The summed E-state index contributed by atoms with van der Waals surface area (Å²) in [5.41, 5.74) is 3.68. The van der Waals surface area contributed by atoms with Crippen LogP contribution in [0.4, 0.5) is 0 Å². The van der Waals surface area contributed by atoms with Crippen LogP contribution in [0.3, 0.4) is 0 Å². The number of para-hydroxylation sites is 1. The summed E-state index contributed by atoms with van der Waals surface area (Å²) in [6.45, 7) is 6.65. The fraction of sp³-hybridized carbons (Fsp3) is 0.500. The number of amides is 1. The number of nitrogens with one attached hydrogen (secondary N) is 2. The molecule has 1 aromatic carbocycles. The summed E-state index contributed by atoms with van der Waals surface area (Å²) in [5, 5.41) is 11.0. The zero-order chi connectivity index (χ0) is 18.6. The second-order valence-corrected chi connectivity index (χ2v) is 7.11. The molecule has 2 N–H and O–H groups in total. The Labute approximate surface area is 167 Å². The highest BCUT2D eigenvalue weighted by Gasteiger charge is 2.39. The van der Waals surface area contributed by atoms with Gasteiger partial charge in [-0.25, -0.2) is 4.68 Å². The van der Waals surface area contributed by atoms with Crippen LogP contribution in [0, 0.1) is 19.3 Å². The third kappa shape index (κ3) is 4.69. The van der Waals surface area contributed by atoms with E-state index in [0.717, 1.165) is 48.6 Å². The van der Waals surface area contributed by atoms with Crippen LogP contribution in [0.5, 0.6) is 0 Å². The summed E-state index contributed by atoms with van der Waals surface area (Å²) in [6, 6.07) is 10.1. The largest absolute Gasteiger partial charge is 0.384 e. The first kappa shape index (κ1) is 21.4. The monoisotopic (exact) mass is 392 g/mol. The molecule has 1 aliphatic heterocycles. The molecule has 1 amide bonds. The van der Waals surface area contributed by atoms with Crippen molar-refractivity contribution in [3.63, 3.8) is 0 Å². The summed E-state index contributed by atoms with van der Waals surface area (Å²) >= 11 is 0. The van der Waals surface area contributed by atoms with Gasteiger partial charge in [0, 0.05) is 19.3 Å². The average molecular weight is 393 g/mol. The van der Waals surface area contributed by atoms with Crippen molar-refractivity contribution in [2.75, 3.05) is 26.8 Å². The molecule has 3 rings (SSSR count). The van der Waals surface area contributed by atoms with Crippen LogP contribution in [0.15, 0.2) is 30.3 Å². The number of aryl methyl sites for hydroxylation is 2. The molecule has 6 nitrogen and oxygen atoms in total. The number of benzene rings is 1. The van der Waals surface area contributed by atoms with E-state index in [1.165, 1.54) is 0 Å². The number of piperidine rings is 1. The predicted octanol–water partition coefficient (Wildman–Crippen LogP) is 2.54. The number of carbonyl (C=O) groups excluding carboxylic acids is 1. The first-order valence-electron chi connectivity index (χ1n) is 9.15. The maximum Gasteiger partial charge on any atom is 0.228 e. The van der Waals surface area contributed by atoms with Gasteiger partial charge in [-0.1, -0.05) is 18.2 Å². The molecule has 27 heavy (non-hydrogen) atoms. The number of hydrogen-bond donors (Lipinski definition) is 2. The van der Waals surface area contributed by atoms with Gasteiger partial charge >= 0.3 is 0 Å². The molecule has 0 spiro atoms. The Hall–Kier alpha value is -1.89. The Morgan fingerprint density at radius 2 is 2.00 bits per heavy atom. The summed E-state index contributed by atoms with van der Waals surface area (Å²) in [5.74, 6) is 0.0732. The Morgan fingerprint density at radius 3 is 2.63 bits per heavy atom. The zero-order valence-electron chi connectivity index (χ0n) is 16.2. The van der Waals surface area contributed by atoms with Crippen molar-refractivity contribution in [1.29, 1.82) is 0 Å². The highest BCUT2D eigenvalue weighted by molar-refractivity contribution is 5.85. The van der Waals surface area contributed by atoms with Crippen LogP contribution >= 0.6 is 12.4 Å². The van der Waals surface area contributed by atoms with Crippen LogP contribution in [0.2, 0.25) is 0 Å². The zero-order valence-corrected chi connectivity index (χ0v) is 17.1. The van der Waals surface area contributed by atoms with E-state index in [-0.39, 0.29) is 18.3 Å². The van der Waals surface area contributed by atoms with Gasteiger partial charge in [0.2, 0.25) is 5.91 Å². The van der Waals surface area contributed by atoms with Crippen LogP contribution in [0.25, 0.3) is 5.69 Å². The highest BCUT2D eigenvalue weighted by Crippen LogP contribution is 2.29. The van der Waals surface area contributed by atoms with E-state index < -0.39 is 5.41 Å². The minimum Gasteiger partial charge on any atom is -0.384 e. The van der Waals surface area contributed by atoms with Gasteiger partial charge in [0.25, 0.3) is 0 Å². The molecular formula is C20H29ClN4O2. The molecule has 1 aliphatic rings. The van der Waals surface area contributed by atoms with E-state index in [1.54, 1.807) is 7.11 Å². The standard InChI is InChI=1S/C20H28N4O2.ClH/c1-15-12-16(2)24(23-15)18-7-5-4-6-17(18)13-22-19(25)20(14-26-3)8-10-21-11-9-20;/h4-7,12,21H,8-11,13-14H2,1-3H3,(H,22,25);1H. The molecule has 1 saturated heterocycles. The lowest BCUT2D eigenvalue weighted by Gasteiger charge is -2.35. The number of nitrogens with zero attached hydrogens (tertiary/aromatic N) is 2. The van der Waals surface area contributed by atoms with Crippen LogP contribution in [0.1, 0.15) is 29.8 Å². The van der Waals surface area contributed by atoms with E-state index in [2.05, 4.69) is 21.8 Å². The number of carbonyl (C=O) groups is 1. The molecule has 2 aromatic rings. The smallest absolute Gasteiger partial charge is 0.228 e. The molecule has 0 radical (unpaired) electrons. The summed E-state index contributed by atoms with van der Waals surface area (Å²) in [6.07, 6.45) is 1.59. The van der Waals surface area contributed by atoms with Crippen LogP contribution < -0.4 is 10.6 Å². The SMILES string of the molecule is COCC1(C(=O)NCc2ccccc2-n2nc(C)cc2C)CCNCC1.Cl. The number of methoxy groups -OCH3 is 1. The third-order valence-corrected chi connectivity index (χ3v) is 5.13. The fourth-order valence-corrected chi connectivity index (χ4v) is 3.72. The van der Waals surface area contributed by atoms with Crippen molar-refractivity contribution in [3.05, 3.63) is 47.3 Å². The molecular weight excluding hydrogens is 364 g/mol. The van der Waals surface area contributed by atoms with Crippen molar-refractivity contribution < 1.29 is 9.53 Å². The van der Waals surface area contributed by atoms with Gasteiger partial charge in [-0.05, 0) is 57.5 Å². The quantitative estimate of drug-likeness (QED) is 0.792. The molecule has 0 aliphatic carbocycles. The van der Waals surface area contributed by atoms with Crippen LogP contribution in [-0.4, -0.2) is 42.5 Å². The molecule has 0 bridgehead atoms. The minimum atomic E-state index is -0.437. The van der Waals surface area contributed by atoms with Crippen LogP contribution in [-0.2, 0) is 16.1 Å². The fourth-order valence-electron chi connectivity index (χ4n) is 3.72. The van der Waals surface area contributed by atoms with Crippen molar-refractivity contribution >= 4 is 18.3 Å². The van der Waals surface area contributed by atoms with E-state index in [4.69, 9.17) is 4.74 Å². The minimum absolute atomic E-state index is 0. The third-order valence-electron chi connectivity index (χ3n) is 5.13. The molecule has 1 fully saturated rings. The number of halogens is 1. The van der Waals surface area contributed by atoms with E-state index in [9.17, 15) is 4.79 Å². The van der Waals surface area contributed by atoms with Crippen molar-refractivity contribution in [1.82, 2.24) is 20.4 Å². The van der Waals surface area contributed by atoms with Gasteiger partial charge in [-0.2, -0.15) is 5.10 Å². The second-order valence-electron chi connectivity index (χ2n) is 7.11. The molecule has 2 heterocycles. The first-order chi connectivity index (χ1) is 12.6. The van der Waals surface area contributed by atoms with Crippen molar-refractivity contribution in [2.24, 2.45) is 5.41 Å². The number of rotatable bonds is 6. The van der Waals surface area contributed by atoms with E-state index in [0.29, 0.717) is 13.2 Å². The van der Waals surface area contributed by atoms with E-state index >= 15 is 0 Å².